The van der Waals surface area contributed by atoms with E-state index in [4.69, 9.17) is 0 Å². The zero-order valence-corrected chi connectivity index (χ0v) is 12.2. The van der Waals surface area contributed by atoms with Gasteiger partial charge in [0.05, 0.1) is 10.6 Å². The molecule has 4 aromatic rings. The molecular formula is C16H14N4S. The smallest absolute Gasteiger partial charge is 0.101 e. The molecule has 1 aliphatic rings. The minimum atomic E-state index is 0.974. The van der Waals surface area contributed by atoms with Crippen molar-refractivity contribution < 1.29 is 0 Å². The number of H-pyrrole nitrogens is 2. The number of hydrogen-bond acceptors (Lipinski definition) is 3. The second-order valence-corrected chi connectivity index (χ2v) is 6.56. The highest BCUT2D eigenvalue weighted by atomic mass is 32.1. The predicted octanol–water partition coefficient (Wildman–Crippen LogP) is 3.42. The number of pyridine rings is 1. The first-order valence-corrected chi connectivity index (χ1v) is 7.97. The van der Waals surface area contributed by atoms with Crippen molar-refractivity contribution in [1.29, 1.82) is 0 Å². The van der Waals surface area contributed by atoms with Crippen LogP contribution in [-0.4, -0.2) is 21.5 Å². The van der Waals surface area contributed by atoms with Gasteiger partial charge in [0.1, 0.15) is 4.83 Å². The van der Waals surface area contributed by atoms with Crippen LogP contribution in [0.3, 0.4) is 0 Å². The third-order valence-corrected chi connectivity index (χ3v) is 5.31. The summed E-state index contributed by atoms with van der Waals surface area (Å²) in [4.78, 5) is 13.8. The molecule has 1 aliphatic heterocycles. The largest absolute Gasteiger partial charge is 0.354 e. The van der Waals surface area contributed by atoms with Crippen molar-refractivity contribution in [2.75, 3.05) is 6.54 Å². The Balaban J connectivity index is 1.68. The Kier molecular flexibility index (Phi) is 2.30. The van der Waals surface area contributed by atoms with E-state index in [2.05, 4.69) is 32.4 Å². The number of nitrogens with zero attached hydrogens (tertiary/aromatic N) is 1. The molecule has 5 heterocycles. The highest BCUT2D eigenvalue weighted by molar-refractivity contribution is 7.21. The molecule has 0 aromatic carbocycles. The molecule has 104 valence electrons. The Bertz CT molecular complexity index is 926. The Morgan fingerprint density at radius 2 is 2.19 bits per heavy atom. The van der Waals surface area contributed by atoms with Crippen molar-refractivity contribution in [2.45, 2.75) is 13.0 Å². The van der Waals surface area contributed by atoms with Crippen molar-refractivity contribution in [2.24, 2.45) is 0 Å². The fraction of sp³-hybridized carbons (Fsp3) is 0.188. The molecule has 0 spiro atoms. The third kappa shape index (κ3) is 1.68. The van der Waals surface area contributed by atoms with Gasteiger partial charge in [-0.15, -0.1) is 11.3 Å². The summed E-state index contributed by atoms with van der Waals surface area (Å²) in [5.41, 5.74) is 5.16. The van der Waals surface area contributed by atoms with Crippen LogP contribution in [0.1, 0.15) is 11.3 Å². The average molecular weight is 294 g/mol. The van der Waals surface area contributed by atoms with Crippen LogP contribution in [0.15, 0.2) is 30.6 Å². The average Bonchev–Trinajstić information content (AvgIpc) is 3.18. The lowest BCUT2D eigenvalue weighted by molar-refractivity contribution is 0.641. The second-order valence-electron chi connectivity index (χ2n) is 5.51. The van der Waals surface area contributed by atoms with Gasteiger partial charge in [-0.2, -0.15) is 0 Å². The minimum absolute atomic E-state index is 0.974. The van der Waals surface area contributed by atoms with Crippen molar-refractivity contribution in [3.05, 3.63) is 41.9 Å². The lowest BCUT2D eigenvalue weighted by Crippen LogP contribution is -2.22. The highest BCUT2D eigenvalue weighted by Crippen LogP contribution is 2.37. The van der Waals surface area contributed by atoms with E-state index in [0.29, 0.717) is 0 Å². The van der Waals surface area contributed by atoms with Crippen LogP contribution in [0.2, 0.25) is 0 Å². The van der Waals surface area contributed by atoms with Crippen LogP contribution in [0.25, 0.3) is 31.7 Å². The molecule has 0 aliphatic carbocycles. The SMILES string of the molecule is c1cc2[nH]c(-c3cc4c5c([nH]c4s3)CCNC5)cc2cn1. The maximum Gasteiger partial charge on any atom is 0.101 e. The molecule has 0 bridgehead atoms. The summed E-state index contributed by atoms with van der Waals surface area (Å²) in [6.45, 7) is 2.05. The lowest BCUT2D eigenvalue weighted by Gasteiger charge is -2.12. The quantitative estimate of drug-likeness (QED) is 0.504. The Hall–Kier alpha value is -2.11. The zero-order chi connectivity index (χ0) is 13.8. The molecule has 0 atom stereocenters. The fourth-order valence-corrected chi connectivity index (χ4v) is 4.25. The molecule has 3 N–H and O–H groups in total. The maximum atomic E-state index is 4.18. The highest BCUT2D eigenvalue weighted by Gasteiger charge is 2.18. The molecule has 21 heavy (non-hydrogen) atoms. The number of rotatable bonds is 1. The van der Waals surface area contributed by atoms with Gasteiger partial charge in [0.2, 0.25) is 0 Å². The van der Waals surface area contributed by atoms with E-state index in [1.54, 1.807) is 0 Å². The summed E-state index contributed by atoms with van der Waals surface area (Å²) in [7, 11) is 0. The molecule has 4 aromatic heterocycles. The summed E-state index contributed by atoms with van der Waals surface area (Å²) < 4.78 is 0. The summed E-state index contributed by atoms with van der Waals surface area (Å²) in [5.74, 6) is 0. The van der Waals surface area contributed by atoms with Crippen LogP contribution < -0.4 is 5.32 Å². The van der Waals surface area contributed by atoms with Crippen LogP contribution in [0.5, 0.6) is 0 Å². The monoisotopic (exact) mass is 294 g/mol. The molecule has 0 unspecified atom stereocenters. The number of thiophene rings is 1. The second kappa shape index (κ2) is 4.19. The van der Waals surface area contributed by atoms with E-state index < -0.39 is 0 Å². The van der Waals surface area contributed by atoms with Gasteiger partial charge in [-0.3, -0.25) is 4.98 Å². The number of fused-ring (bicyclic) bond motifs is 4. The fourth-order valence-electron chi connectivity index (χ4n) is 3.16. The van der Waals surface area contributed by atoms with Crippen molar-refractivity contribution in [1.82, 2.24) is 20.3 Å². The summed E-state index contributed by atoms with van der Waals surface area (Å²) in [6, 6.07) is 6.50. The summed E-state index contributed by atoms with van der Waals surface area (Å²) >= 11 is 1.82. The van der Waals surface area contributed by atoms with Crippen LogP contribution in [0.4, 0.5) is 0 Å². The van der Waals surface area contributed by atoms with Crippen molar-refractivity contribution in [3.63, 3.8) is 0 Å². The Morgan fingerprint density at radius 1 is 1.19 bits per heavy atom. The topological polar surface area (TPSA) is 56.5 Å². The van der Waals surface area contributed by atoms with E-state index in [9.17, 15) is 0 Å². The molecule has 5 heteroatoms. The third-order valence-electron chi connectivity index (χ3n) is 4.23. The van der Waals surface area contributed by atoms with E-state index in [1.165, 1.54) is 32.0 Å². The van der Waals surface area contributed by atoms with Gasteiger partial charge in [-0.25, -0.2) is 0 Å². The van der Waals surface area contributed by atoms with Gasteiger partial charge >= 0.3 is 0 Å². The summed E-state index contributed by atoms with van der Waals surface area (Å²) in [6.07, 6.45) is 4.83. The molecule has 0 radical (unpaired) electrons. The first-order valence-electron chi connectivity index (χ1n) is 7.15. The number of hydrogen-bond donors (Lipinski definition) is 3. The zero-order valence-electron chi connectivity index (χ0n) is 11.4. The number of aromatic amines is 2. The number of aromatic nitrogens is 3. The van der Waals surface area contributed by atoms with Crippen LogP contribution in [-0.2, 0) is 13.0 Å². The van der Waals surface area contributed by atoms with E-state index in [1.807, 2.05) is 29.8 Å². The maximum absolute atomic E-state index is 4.18. The van der Waals surface area contributed by atoms with Crippen LogP contribution >= 0.6 is 11.3 Å². The van der Waals surface area contributed by atoms with Crippen molar-refractivity contribution in [3.8, 4) is 10.6 Å². The molecule has 0 amide bonds. The lowest BCUT2D eigenvalue weighted by atomic mass is 10.1. The summed E-state index contributed by atoms with van der Waals surface area (Å²) in [5, 5.41) is 5.99. The Labute approximate surface area is 125 Å². The van der Waals surface area contributed by atoms with E-state index in [-0.39, 0.29) is 0 Å². The van der Waals surface area contributed by atoms with Gasteiger partial charge in [-0.05, 0) is 23.8 Å². The molecular weight excluding hydrogens is 280 g/mol. The van der Waals surface area contributed by atoms with Gasteiger partial charge in [-0.1, -0.05) is 0 Å². The van der Waals surface area contributed by atoms with E-state index >= 15 is 0 Å². The molecule has 0 fully saturated rings. The van der Waals surface area contributed by atoms with Crippen LogP contribution in [0, 0.1) is 0 Å². The molecule has 0 saturated carbocycles. The van der Waals surface area contributed by atoms with Gasteiger partial charge in [0.25, 0.3) is 0 Å². The normalized spacial score (nSPS) is 14.9. The van der Waals surface area contributed by atoms with Crippen molar-refractivity contribution >= 4 is 32.5 Å². The van der Waals surface area contributed by atoms with E-state index in [0.717, 1.165) is 30.4 Å². The first kappa shape index (κ1) is 11.5. The number of nitrogens with one attached hydrogen (secondary N) is 3. The van der Waals surface area contributed by atoms with Gasteiger partial charge < -0.3 is 15.3 Å². The van der Waals surface area contributed by atoms with Gasteiger partial charge in [0, 0.05) is 53.9 Å². The molecule has 5 rings (SSSR count). The molecule has 0 saturated heterocycles. The first-order chi connectivity index (χ1) is 10.4. The van der Waals surface area contributed by atoms with Gasteiger partial charge in [0.15, 0.2) is 0 Å². The standard InChI is InChI=1S/C16H14N4S/c1-3-17-7-9-5-14(19-12(1)9)15-6-10-11-8-18-4-2-13(11)20-16(10)21-15/h1,3,5-7,18-20H,2,4,8H2. The molecule has 4 nitrogen and oxygen atoms in total. The predicted molar refractivity (Wildman–Crippen MR) is 86.7 cm³/mol. The Morgan fingerprint density at radius 3 is 3.14 bits per heavy atom. The minimum Gasteiger partial charge on any atom is -0.354 e.